The molecule has 0 saturated carbocycles. The number of rotatable bonds is 4. The lowest BCUT2D eigenvalue weighted by Crippen LogP contribution is -2.17. The predicted molar refractivity (Wildman–Crippen MR) is 60.8 cm³/mol. The van der Waals surface area contributed by atoms with Crippen molar-refractivity contribution in [3.63, 3.8) is 0 Å². The van der Waals surface area contributed by atoms with Crippen LogP contribution in [0.3, 0.4) is 0 Å². The first-order valence-electron chi connectivity index (χ1n) is 4.35. The smallest absolute Gasteiger partial charge is 0.246 e. The monoisotopic (exact) mass is 293 g/mol. The largest absolute Gasteiger partial charge is 0.283 e. The van der Waals surface area contributed by atoms with E-state index in [-0.39, 0.29) is 5.69 Å². The fraction of sp³-hybridized carbons (Fsp3) is 0.125. The lowest BCUT2D eigenvalue weighted by molar-refractivity contribution is 0.591. The number of nitrogens with one attached hydrogen (secondary N) is 1. The molecule has 98 valence electrons. The highest BCUT2D eigenvalue weighted by atomic mass is 32.2. The molecule has 0 aliphatic heterocycles. The van der Waals surface area contributed by atoms with Crippen molar-refractivity contribution in [3.05, 3.63) is 24.0 Å². The minimum atomic E-state index is -4.16. The molecule has 10 heteroatoms. The van der Waals surface area contributed by atoms with E-state index < -0.39 is 36.5 Å². The number of hydrogen-bond donors (Lipinski definition) is 2. The fourth-order valence-corrected chi connectivity index (χ4v) is 2.37. The second-order valence-corrected chi connectivity index (χ2v) is 6.52. The van der Waals surface area contributed by atoms with Gasteiger partial charge in [-0.1, -0.05) is 0 Å². The number of hydrogen-bond acceptors (Lipinski definition) is 5. The average molecular weight is 293 g/mol. The standard InChI is InChI=1S/C8H8FN3O4S2/c9-6-3-7(12-17(13,14)2-1-10)5-8(4-6)18(11,15)16/h3-5,12H,2H2,(H2,11,15,16). The van der Waals surface area contributed by atoms with Gasteiger partial charge < -0.3 is 0 Å². The summed E-state index contributed by atoms with van der Waals surface area (Å²) < 4.78 is 59.5. The van der Waals surface area contributed by atoms with Crippen LogP contribution in [-0.2, 0) is 20.0 Å². The highest BCUT2D eigenvalue weighted by molar-refractivity contribution is 7.92. The van der Waals surface area contributed by atoms with Crippen molar-refractivity contribution in [3.8, 4) is 6.07 Å². The maximum atomic E-state index is 13.1. The molecule has 0 aliphatic carbocycles. The highest BCUT2D eigenvalue weighted by Crippen LogP contribution is 2.18. The zero-order valence-corrected chi connectivity index (χ0v) is 10.4. The molecule has 0 unspecified atom stereocenters. The van der Waals surface area contributed by atoms with Gasteiger partial charge in [-0.25, -0.2) is 26.4 Å². The van der Waals surface area contributed by atoms with Gasteiger partial charge in [0.2, 0.25) is 20.0 Å². The number of sulfonamides is 2. The Bertz CT molecular complexity index is 706. The van der Waals surface area contributed by atoms with Crippen LogP contribution in [0.4, 0.5) is 10.1 Å². The summed E-state index contributed by atoms with van der Waals surface area (Å²) in [5.41, 5.74) is -0.325. The molecule has 0 radical (unpaired) electrons. The Morgan fingerprint density at radius 1 is 1.28 bits per heavy atom. The van der Waals surface area contributed by atoms with E-state index in [0.717, 1.165) is 12.1 Å². The van der Waals surface area contributed by atoms with E-state index in [1.165, 1.54) is 6.07 Å². The lowest BCUT2D eigenvalue weighted by Gasteiger charge is -2.07. The number of primary sulfonamides is 1. The Kier molecular flexibility index (Phi) is 3.90. The molecule has 0 bridgehead atoms. The van der Waals surface area contributed by atoms with Gasteiger partial charge >= 0.3 is 0 Å². The zero-order chi connectivity index (χ0) is 14.0. The summed E-state index contributed by atoms with van der Waals surface area (Å²) in [4.78, 5) is -0.572. The number of anilines is 1. The van der Waals surface area contributed by atoms with Crippen molar-refractivity contribution in [1.29, 1.82) is 5.26 Å². The number of nitrogens with two attached hydrogens (primary N) is 1. The Morgan fingerprint density at radius 2 is 1.89 bits per heavy atom. The van der Waals surface area contributed by atoms with Crippen molar-refractivity contribution in [1.82, 2.24) is 0 Å². The van der Waals surface area contributed by atoms with E-state index >= 15 is 0 Å². The Labute approximate surface area is 103 Å². The first-order chi connectivity index (χ1) is 8.14. The molecule has 1 rings (SSSR count). The molecule has 0 amide bonds. The van der Waals surface area contributed by atoms with Gasteiger partial charge in [0, 0.05) is 0 Å². The molecule has 0 heterocycles. The van der Waals surface area contributed by atoms with Gasteiger partial charge in [-0.3, -0.25) is 4.72 Å². The third kappa shape index (κ3) is 3.95. The second kappa shape index (κ2) is 4.89. The van der Waals surface area contributed by atoms with Crippen molar-refractivity contribution < 1.29 is 21.2 Å². The first kappa shape index (κ1) is 14.4. The quantitative estimate of drug-likeness (QED) is 0.789. The normalized spacial score (nSPS) is 11.8. The molecule has 3 N–H and O–H groups in total. The van der Waals surface area contributed by atoms with Gasteiger partial charge in [0.25, 0.3) is 0 Å². The Hall–Kier alpha value is -1.70. The summed E-state index contributed by atoms with van der Waals surface area (Å²) in [6.45, 7) is 0. The molecule has 0 aromatic heterocycles. The molecule has 18 heavy (non-hydrogen) atoms. The van der Waals surface area contributed by atoms with Gasteiger partial charge in [-0.15, -0.1) is 0 Å². The van der Waals surface area contributed by atoms with Crippen LogP contribution in [0, 0.1) is 17.1 Å². The molecular formula is C8H8FN3O4S2. The maximum absolute atomic E-state index is 13.1. The highest BCUT2D eigenvalue weighted by Gasteiger charge is 2.14. The van der Waals surface area contributed by atoms with Crippen LogP contribution in [0.25, 0.3) is 0 Å². The molecule has 1 aromatic carbocycles. The summed E-state index contributed by atoms with van der Waals surface area (Å²) in [5.74, 6) is -1.81. The number of nitrogens with zero attached hydrogens (tertiary/aromatic N) is 1. The molecule has 0 fully saturated rings. The van der Waals surface area contributed by atoms with Crippen molar-refractivity contribution in [2.24, 2.45) is 5.14 Å². The van der Waals surface area contributed by atoms with E-state index in [0.29, 0.717) is 6.07 Å². The molecule has 0 saturated heterocycles. The van der Waals surface area contributed by atoms with E-state index in [4.69, 9.17) is 10.4 Å². The minimum absolute atomic E-state index is 0.325. The van der Waals surface area contributed by atoms with Crippen LogP contribution in [0.15, 0.2) is 23.1 Å². The van der Waals surface area contributed by atoms with Crippen LogP contribution >= 0.6 is 0 Å². The van der Waals surface area contributed by atoms with Crippen LogP contribution in [0.5, 0.6) is 0 Å². The van der Waals surface area contributed by atoms with Crippen LogP contribution in [0.2, 0.25) is 0 Å². The summed E-state index contributed by atoms with van der Waals surface area (Å²) in [6.07, 6.45) is 0. The van der Waals surface area contributed by atoms with E-state index in [9.17, 15) is 21.2 Å². The van der Waals surface area contributed by atoms with Crippen LogP contribution < -0.4 is 9.86 Å². The number of nitriles is 1. The third-order valence-electron chi connectivity index (χ3n) is 1.73. The van der Waals surface area contributed by atoms with Gasteiger partial charge in [-0.05, 0) is 18.2 Å². The van der Waals surface area contributed by atoms with Crippen LogP contribution in [0.1, 0.15) is 0 Å². The summed E-state index contributed by atoms with van der Waals surface area (Å²) in [5, 5.41) is 13.1. The van der Waals surface area contributed by atoms with Gasteiger partial charge in [0.15, 0.2) is 5.75 Å². The lowest BCUT2D eigenvalue weighted by atomic mass is 10.3. The molecule has 7 nitrogen and oxygen atoms in total. The Balaban J connectivity index is 3.21. The van der Waals surface area contributed by atoms with Crippen molar-refractivity contribution in [2.75, 3.05) is 10.5 Å². The van der Waals surface area contributed by atoms with Gasteiger partial charge in [0.1, 0.15) is 5.82 Å². The average Bonchev–Trinajstić information content (AvgIpc) is 2.13. The molecule has 1 aromatic rings. The van der Waals surface area contributed by atoms with Crippen LogP contribution in [-0.4, -0.2) is 22.6 Å². The van der Waals surface area contributed by atoms with E-state index in [1.54, 1.807) is 0 Å². The van der Waals surface area contributed by atoms with Gasteiger partial charge in [0.05, 0.1) is 16.7 Å². The van der Waals surface area contributed by atoms with E-state index in [1.807, 2.05) is 4.72 Å². The minimum Gasteiger partial charge on any atom is -0.283 e. The summed E-state index contributed by atoms with van der Waals surface area (Å²) >= 11 is 0. The van der Waals surface area contributed by atoms with Crippen molar-refractivity contribution in [2.45, 2.75) is 4.90 Å². The maximum Gasteiger partial charge on any atom is 0.246 e. The summed E-state index contributed by atoms with van der Waals surface area (Å²) in [6, 6.07) is 3.67. The SMILES string of the molecule is N#CCS(=O)(=O)Nc1cc(F)cc(S(N)(=O)=O)c1. The zero-order valence-electron chi connectivity index (χ0n) is 8.79. The fourth-order valence-electron chi connectivity index (χ4n) is 1.09. The van der Waals surface area contributed by atoms with Crippen molar-refractivity contribution >= 4 is 25.7 Å². The Morgan fingerprint density at radius 3 is 2.39 bits per heavy atom. The molecule has 0 spiro atoms. The third-order valence-corrected chi connectivity index (χ3v) is 3.68. The van der Waals surface area contributed by atoms with Gasteiger partial charge in [-0.2, -0.15) is 5.26 Å². The molecule has 0 atom stereocenters. The topological polar surface area (TPSA) is 130 Å². The first-order valence-corrected chi connectivity index (χ1v) is 7.55. The predicted octanol–water partition coefficient (Wildman–Crippen LogP) is -0.262. The number of benzene rings is 1. The van der Waals surface area contributed by atoms with E-state index in [2.05, 4.69) is 0 Å². The second-order valence-electron chi connectivity index (χ2n) is 3.24. The molecular weight excluding hydrogens is 285 g/mol. The summed E-state index contributed by atoms with van der Waals surface area (Å²) in [7, 11) is -8.13. The molecule has 0 aliphatic rings. The number of halogens is 1.